The fourth-order valence-corrected chi connectivity index (χ4v) is 2.11. The summed E-state index contributed by atoms with van der Waals surface area (Å²) in [7, 11) is 2.78. The number of nitrogens with zero attached hydrogens (tertiary/aromatic N) is 1. The molecule has 1 amide bonds. The maximum atomic E-state index is 12.3. The van der Waals surface area contributed by atoms with Crippen LogP contribution in [0.5, 0.6) is 11.5 Å². The molecular weight excluding hydrogens is 314 g/mol. The Morgan fingerprint density at radius 3 is 2.25 bits per heavy atom. The second kappa shape index (κ2) is 7.42. The molecule has 0 atom stereocenters. The van der Waals surface area contributed by atoms with Crippen molar-refractivity contribution in [3.8, 4) is 11.5 Å². The van der Waals surface area contributed by atoms with Crippen LogP contribution in [0, 0.1) is 10.1 Å². The standard InChI is InChI=1S/C16H17N3O5/c1-23-14-7-12(13(19(21)22)8-15(14)24-2)18-16(20)11-5-3-10(9-17)4-6-11/h3-8H,9,17H2,1-2H3,(H,18,20). The molecule has 0 heterocycles. The highest BCUT2D eigenvalue weighted by molar-refractivity contribution is 6.05. The van der Waals surface area contributed by atoms with Crippen LogP contribution in [0.3, 0.4) is 0 Å². The number of amides is 1. The number of nitro groups is 1. The summed E-state index contributed by atoms with van der Waals surface area (Å²) in [6, 6.07) is 9.19. The summed E-state index contributed by atoms with van der Waals surface area (Å²) in [6.07, 6.45) is 0. The summed E-state index contributed by atoms with van der Waals surface area (Å²) in [5, 5.41) is 13.8. The normalized spacial score (nSPS) is 10.1. The molecule has 0 aliphatic rings. The predicted molar refractivity (Wildman–Crippen MR) is 88.5 cm³/mol. The van der Waals surface area contributed by atoms with E-state index in [4.69, 9.17) is 15.2 Å². The molecule has 0 spiro atoms. The lowest BCUT2D eigenvalue weighted by Crippen LogP contribution is -2.13. The fourth-order valence-electron chi connectivity index (χ4n) is 2.11. The Morgan fingerprint density at radius 1 is 1.17 bits per heavy atom. The largest absolute Gasteiger partial charge is 0.493 e. The lowest BCUT2D eigenvalue weighted by atomic mass is 10.1. The number of nitrogens with one attached hydrogen (secondary N) is 1. The van der Waals surface area contributed by atoms with Crippen LogP contribution in [-0.4, -0.2) is 25.1 Å². The molecule has 0 aliphatic heterocycles. The van der Waals surface area contributed by atoms with E-state index in [2.05, 4.69) is 5.32 Å². The highest BCUT2D eigenvalue weighted by atomic mass is 16.6. The molecule has 0 bridgehead atoms. The number of benzene rings is 2. The van der Waals surface area contributed by atoms with E-state index in [0.717, 1.165) is 5.56 Å². The first kappa shape index (κ1) is 17.2. The van der Waals surface area contributed by atoms with Gasteiger partial charge in [0.25, 0.3) is 11.6 Å². The van der Waals surface area contributed by atoms with Gasteiger partial charge in [0, 0.05) is 18.2 Å². The van der Waals surface area contributed by atoms with Crippen molar-refractivity contribution in [2.24, 2.45) is 5.73 Å². The SMILES string of the molecule is COc1cc(NC(=O)c2ccc(CN)cc2)c([N+](=O)[O-])cc1OC. The minimum absolute atomic E-state index is 0.0190. The maximum Gasteiger partial charge on any atom is 0.296 e. The number of carbonyl (C=O) groups excluding carboxylic acids is 1. The summed E-state index contributed by atoms with van der Waals surface area (Å²) >= 11 is 0. The zero-order valence-electron chi connectivity index (χ0n) is 13.2. The smallest absolute Gasteiger partial charge is 0.296 e. The van der Waals surface area contributed by atoms with Gasteiger partial charge in [-0.05, 0) is 17.7 Å². The summed E-state index contributed by atoms with van der Waals surface area (Å²) in [5.41, 5.74) is 6.47. The van der Waals surface area contributed by atoms with Crippen molar-refractivity contribution in [3.63, 3.8) is 0 Å². The van der Waals surface area contributed by atoms with E-state index in [0.29, 0.717) is 12.1 Å². The summed E-state index contributed by atoms with van der Waals surface area (Å²) in [6.45, 7) is 0.364. The van der Waals surface area contributed by atoms with Crippen LogP contribution in [-0.2, 0) is 6.54 Å². The minimum Gasteiger partial charge on any atom is -0.493 e. The van der Waals surface area contributed by atoms with E-state index in [1.54, 1.807) is 24.3 Å². The minimum atomic E-state index is -0.602. The molecule has 8 nitrogen and oxygen atoms in total. The predicted octanol–water partition coefficient (Wildman–Crippen LogP) is 2.32. The molecule has 0 unspecified atom stereocenters. The summed E-state index contributed by atoms with van der Waals surface area (Å²) < 4.78 is 10.2. The van der Waals surface area contributed by atoms with Crippen LogP contribution in [0.15, 0.2) is 36.4 Å². The average Bonchev–Trinajstić information content (AvgIpc) is 2.61. The number of nitrogens with two attached hydrogens (primary N) is 1. The molecule has 2 aromatic carbocycles. The van der Waals surface area contributed by atoms with Crippen LogP contribution in [0.4, 0.5) is 11.4 Å². The van der Waals surface area contributed by atoms with Gasteiger partial charge in [-0.2, -0.15) is 0 Å². The molecule has 126 valence electrons. The van der Waals surface area contributed by atoms with E-state index in [1.165, 1.54) is 26.4 Å². The van der Waals surface area contributed by atoms with Crippen LogP contribution in [0.2, 0.25) is 0 Å². The number of ether oxygens (including phenoxy) is 2. The third kappa shape index (κ3) is 3.61. The van der Waals surface area contributed by atoms with Gasteiger partial charge in [0.1, 0.15) is 5.69 Å². The molecule has 3 N–H and O–H groups in total. The molecule has 8 heteroatoms. The quantitative estimate of drug-likeness (QED) is 0.620. The molecule has 0 radical (unpaired) electrons. The van der Waals surface area contributed by atoms with E-state index in [1.807, 2.05) is 0 Å². The van der Waals surface area contributed by atoms with Crippen molar-refractivity contribution in [1.82, 2.24) is 0 Å². The number of anilines is 1. The van der Waals surface area contributed by atoms with E-state index in [9.17, 15) is 14.9 Å². The molecule has 2 rings (SSSR count). The van der Waals surface area contributed by atoms with Gasteiger partial charge in [-0.25, -0.2) is 0 Å². The van der Waals surface area contributed by atoms with Crippen LogP contribution >= 0.6 is 0 Å². The molecule has 0 fully saturated rings. The highest BCUT2D eigenvalue weighted by Crippen LogP contribution is 2.37. The zero-order chi connectivity index (χ0) is 17.7. The number of rotatable bonds is 6. The van der Waals surface area contributed by atoms with Gasteiger partial charge >= 0.3 is 0 Å². The van der Waals surface area contributed by atoms with Crippen LogP contribution in [0.1, 0.15) is 15.9 Å². The van der Waals surface area contributed by atoms with Crippen molar-refractivity contribution < 1.29 is 19.2 Å². The Morgan fingerprint density at radius 2 is 1.75 bits per heavy atom. The van der Waals surface area contributed by atoms with Gasteiger partial charge < -0.3 is 20.5 Å². The van der Waals surface area contributed by atoms with Gasteiger partial charge in [-0.1, -0.05) is 12.1 Å². The number of hydrogen-bond acceptors (Lipinski definition) is 6. The number of carbonyl (C=O) groups is 1. The van der Waals surface area contributed by atoms with E-state index >= 15 is 0 Å². The van der Waals surface area contributed by atoms with Crippen LogP contribution < -0.4 is 20.5 Å². The second-order valence-electron chi connectivity index (χ2n) is 4.84. The fraction of sp³-hybridized carbons (Fsp3) is 0.188. The maximum absolute atomic E-state index is 12.3. The average molecular weight is 331 g/mol. The molecule has 0 aromatic heterocycles. The van der Waals surface area contributed by atoms with Crippen molar-refractivity contribution in [1.29, 1.82) is 0 Å². The first-order valence-electron chi connectivity index (χ1n) is 7.01. The monoisotopic (exact) mass is 331 g/mol. The Balaban J connectivity index is 2.36. The number of methoxy groups -OCH3 is 2. The highest BCUT2D eigenvalue weighted by Gasteiger charge is 2.21. The zero-order valence-corrected chi connectivity index (χ0v) is 13.2. The first-order valence-corrected chi connectivity index (χ1v) is 7.01. The van der Waals surface area contributed by atoms with Crippen molar-refractivity contribution in [2.75, 3.05) is 19.5 Å². The summed E-state index contributed by atoms with van der Waals surface area (Å²) in [5.74, 6) is 0.000249. The summed E-state index contributed by atoms with van der Waals surface area (Å²) in [4.78, 5) is 22.9. The Kier molecular flexibility index (Phi) is 5.33. The van der Waals surface area contributed by atoms with Gasteiger partial charge in [-0.15, -0.1) is 0 Å². The molecule has 0 saturated heterocycles. The van der Waals surface area contributed by atoms with Gasteiger partial charge in [-0.3, -0.25) is 14.9 Å². The molecule has 24 heavy (non-hydrogen) atoms. The number of hydrogen-bond donors (Lipinski definition) is 2. The van der Waals surface area contributed by atoms with Gasteiger partial charge in [0.05, 0.1) is 25.2 Å². The van der Waals surface area contributed by atoms with Crippen LogP contribution in [0.25, 0.3) is 0 Å². The van der Waals surface area contributed by atoms with Crippen molar-refractivity contribution in [2.45, 2.75) is 6.54 Å². The molecule has 2 aromatic rings. The van der Waals surface area contributed by atoms with Crippen molar-refractivity contribution >= 4 is 17.3 Å². The topological polar surface area (TPSA) is 117 Å². The second-order valence-corrected chi connectivity index (χ2v) is 4.84. The Hall–Kier alpha value is -3.13. The van der Waals surface area contributed by atoms with Crippen molar-refractivity contribution in [3.05, 3.63) is 57.6 Å². The third-order valence-electron chi connectivity index (χ3n) is 3.40. The van der Waals surface area contributed by atoms with E-state index in [-0.39, 0.29) is 22.9 Å². The van der Waals surface area contributed by atoms with Gasteiger partial charge in [0.15, 0.2) is 11.5 Å². The number of nitro benzene ring substituents is 1. The lowest BCUT2D eigenvalue weighted by molar-refractivity contribution is -0.384. The van der Waals surface area contributed by atoms with Gasteiger partial charge in [0.2, 0.25) is 0 Å². The molecular formula is C16H17N3O5. The lowest BCUT2D eigenvalue weighted by Gasteiger charge is -2.11. The Bertz CT molecular complexity index is 759. The molecule has 0 saturated carbocycles. The molecule has 0 aliphatic carbocycles. The third-order valence-corrected chi connectivity index (χ3v) is 3.40. The van der Waals surface area contributed by atoms with E-state index < -0.39 is 10.8 Å². The Labute approximate surface area is 138 Å². The first-order chi connectivity index (χ1) is 11.5.